The molecule has 0 aromatic rings. The topological polar surface area (TPSA) is 82.3 Å². The normalized spacial score (nSPS) is 24.1. The van der Waals surface area contributed by atoms with Crippen LogP contribution in [0.25, 0.3) is 0 Å². The fourth-order valence-electron chi connectivity index (χ4n) is 1.79. The first-order valence-electron chi connectivity index (χ1n) is 6.27. The number of hydrogen-bond acceptors (Lipinski definition) is 4. The van der Waals surface area contributed by atoms with Crippen molar-refractivity contribution in [2.24, 2.45) is 0 Å². The van der Waals surface area contributed by atoms with Gasteiger partial charge in [-0.1, -0.05) is 0 Å². The minimum Gasteiger partial charge on any atom is -0.354 e. The highest BCUT2D eigenvalue weighted by molar-refractivity contribution is 5.83. The summed E-state index contributed by atoms with van der Waals surface area (Å²) >= 11 is 0. The third-order valence-electron chi connectivity index (χ3n) is 2.95. The molecule has 1 heterocycles. The van der Waals surface area contributed by atoms with Gasteiger partial charge in [0, 0.05) is 38.6 Å². The molecule has 1 saturated heterocycles. The Morgan fingerprint density at radius 2 is 2.06 bits per heavy atom. The Balaban J connectivity index is 1.56. The molecule has 1 aliphatic carbocycles. The predicted molar refractivity (Wildman–Crippen MR) is 63.5 cm³/mol. The molecule has 0 bridgehead atoms. The van der Waals surface area contributed by atoms with Crippen LogP contribution < -0.4 is 21.3 Å². The predicted octanol–water partition coefficient (Wildman–Crippen LogP) is -1.67. The van der Waals surface area contributed by atoms with E-state index >= 15 is 0 Å². The lowest BCUT2D eigenvalue weighted by molar-refractivity contribution is -0.123. The van der Waals surface area contributed by atoms with Crippen LogP contribution in [0.5, 0.6) is 0 Å². The van der Waals surface area contributed by atoms with E-state index in [1.54, 1.807) is 0 Å². The Bertz CT molecular complexity index is 285. The molecular formula is C11H20N4O2. The van der Waals surface area contributed by atoms with Crippen molar-refractivity contribution in [3.8, 4) is 0 Å². The molecule has 0 radical (unpaired) electrons. The van der Waals surface area contributed by atoms with E-state index in [1.165, 1.54) is 0 Å². The fraction of sp³-hybridized carbons (Fsp3) is 0.818. The second-order valence-electron chi connectivity index (χ2n) is 4.59. The Kier molecular flexibility index (Phi) is 4.33. The van der Waals surface area contributed by atoms with E-state index in [2.05, 4.69) is 21.3 Å². The number of hydrogen-bond donors (Lipinski definition) is 4. The standard InChI is InChI=1S/C11H20N4O2/c16-10(15-8-1-2-8)3-4-14-11(17)9-7-12-5-6-13-9/h8-9,12-13H,1-7H2,(H,14,17)(H,15,16). The molecule has 1 saturated carbocycles. The molecule has 0 spiro atoms. The maximum absolute atomic E-state index is 11.7. The van der Waals surface area contributed by atoms with Crippen LogP contribution in [0.2, 0.25) is 0 Å². The second-order valence-corrected chi connectivity index (χ2v) is 4.59. The van der Waals surface area contributed by atoms with Gasteiger partial charge in [-0.15, -0.1) is 0 Å². The van der Waals surface area contributed by atoms with Gasteiger partial charge in [-0.25, -0.2) is 0 Å². The van der Waals surface area contributed by atoms with Crippen LogP contribution in [0.15, 0.2) is 0 Å². The van der Waals surface area contributed by atoms with Crippen LogP contribution in [-0.2, 0) is 9.59 Å². The second kappa shape index (κ2) is 5.97. The first-order chi connectivity index (χ1) is 8.25. The van der Waals surface area contributed by atoms with Crippen molar-refractivity contribution in [2.45, 2.75) is 31.3 Å². The number of carbonyl (C=O) groups excluding carboxylic acids is 2. The Morgan fingerprint density at radius 1 is 1.24 bits per heavy atom. The summed E-state index contributed by atoms with van der Waals surface area (Å²) in [6.07, 6.45) is 2.55. The molecule has 17 heavy (non-hydrogen) atoms. The van der Waals surface area contributed by atoms with Crippen LogP contribution >= 0.6 is 0 Å². The maximum atomic E-state index is 11.7. The quantitative estimate of drug-likeness (QED) is 0.463. The highest BCUT2D eigenvalue weighted by Crippen LogP contribution is 2.18. The zero-order valence-electron chi connectivity index (χ0n) is 9.92. The highest BCUT2D eigenvalue weighted by atomic mass is 16.2. The van der Waals surface area contributed by atoms with Gasteiger partial charge in [0.05, 0.1) is 6.04 Å². The first-order valence-corrected chi connectivity index (χ1v) is 6.27. The maximum Gasteiger partial charge on any atom is 0.238 e. The Hall–Kier alpha value is -1.14. The lowest BCUT2D eigenvalue weighted by Crippen LogP contribution is -2.55. The molecule has 96 valence electrons. The van der Waals surface area contributed by atoms with Crippen LogP contribution in [0.3, 0.4) is 0 Å². The van der Waals surface area contributed by atoms with E-state index in [0.29, 0.717) is 25.6 Å². The van der Waals surface area contributed by atoms with Crippen molar-refractivity contribution in [1.29, 1.82) is 0 Å². The average Bonchev–Trinajstić information content (AvgIpc) is 3.14. The molecule has 4 N–H and O–H groups in total. The van der Waals surface area contributed by atoms with E-state index in [0.717, 1.165) is 25.9 Å². The summed E-state index contributed by atoms with van der Waals surface area (Å²) in [5.74, 6) is -0.000972. The van der Waals surface area contributed by atoms with E-state index in [1.807, 2.05) is 0 Å². The lowest BCUT2D eigenvalue weighted by atomic mass is 10.2. The molecule has 2 fully saturated rings. The van der Waals surface area contributed by atoms with Crippen molar-refractivity contribution in [1.82, 2.24) is 21.3 Å². The van der Waals surface area contributed by atoms with Crippen molar-refractivity contribution in [2.75, 3.05) is 26.2 Å². The molecule has 0 aromatic heterocycles. The van der Waals surface area contributed by atoms with Gasteiger partial charge in [0.1, 0.15) is 0 Å². The number of carbonyl (C=O) groups is 2. The molecular weight excluding hydrogens is 220 g/mol. The van der Waals surface area contributed by atoms with E-state index in [9.17, 15) is 9.59 Å². The molecule has 1 aliphatic heterocycles. The monoisotopic (exact) mass is 240 g/mol. The van der Waals surface area contributed by atoms with Gasteiger partial charge in [0.2, 0.25) is 11.8 Å². The first kappa shape index (κ1) is 12.3. The fourth-order valence-corrected chi connectivity index (χ4v) is 1.79. The van der Waals surface area contributed by atoms with Gasteiger partial charge in [-0.2, -0.15) is 0 Å². The summed E-state index contributed by atoms with van der Waals surface area (Å²) in [7, 11) is 0. The molecule has 6 heteroatoms. The summed E-state index contributed by atoms with van der Waals surface area (Å²) in [4.78, 5) is 23.0. The molecule has 2 rings (SSSR count). The molecule has 2 amide bonds. The molecule has 0 aromatic carbocycles. The van der Waals surface area contributed by atoms with Crippen molar-refractivity contribution < 1.29 is 9.59 Å². The largest absolute Gasteiger partial charge is 0.354 e. The summed E-state index contributed by atoms with van der Waals surface area (Å²) in [5, 5.41) is 11.9. The van der Waals surface area contributed by atoms with Gasteiger partial charge >= 0.3 is 0 Å². The Labute approximate surface area is 101 Å². The van der Waals surface area contributed by atoms with Gasteiger partial charge in [-0.3, -0.25) is 9.59 Å². The number of amides is 2. The average molecular weight is 240 g/mol. The SMILES string of the molecule is O=C(CCNC(=O)C1CNCCN1)NC1CC1. The minimum atomic E-state index is -0.171. The number of nitrogens with one attached hydrogen (secondary N) is 4. The molecule has 2 aliphatic rings. The van der Waals surface area contributed by atoms with Crippen molar-refractivity contribution in [3.05, 3.63) is 0 Å². The van der Waals surface area contributed by atoms with Gasteiger partial charge < -0.3 is 21.3 Å². The molecule has 6 nitrogen and oxygen atoms in total. The Morgan fingerprint density at radius 3 is 2.71 bits per heavy atom. The zero-order chi connectivity index (χ0) is 12.1. The van der Waals surface area contributed by atoms with Gasteiger partial charge in [0.15, 0.2) is 0 Å². The van der Waals surface area contributed by atoms with Crippen LogP contribution in [0, 0.1) is 0 Å². The summed E-state index contributed by atoms with van der Waals surface area (Å²) < 4.78 is 0. The smallest absolute Gasteiger partial charge is 0.238 e. The zero-order valence-corrected chi connectivity index (χ0v) is 9.92. The molecule has 1 unspecified atom stereocenters. The van der Waals surface area contributed by atoms with E-state index in [4.69, 9.17) is 0 Å². The van der Waals surface area contributed by atoms with E-state index in [-0.39, 0.29) is 17.9 Å². The van der Waals surface area contributed by atoms with Gasteiger partial charge in [0.25, 0.3) is 0 Å². The van der Waals surface area contributed by atoms with Gasteiger partial charge in [-0.05, 0) is 12.8 Å². The summed E-state index contributed by atoms with van der Waals surface area (Å²) in [5.41, 5.74) is 0. The van der Waals surface area contributed by atoms with Crippen LogP contribution in [0.4, 0.5) is 0 Å². The van der Waals surface area contributed by atoms with Crippen LogP contribution in [-0.4, -0.2) is 50.1 Å². The highest BCUT2D eigenvalue weighted by Gasteiger charge is 2.23. The summed E-state index contributed by atoms with van der Waals surface area (Å²) in [6, 6.07) is 0.220. The van der Waals surface area contributed by atoms with E-state index < -0.39 is 0 Å². The summed E-state index contributed by atoms with van der Waals surface area (Å²) in [6.45, 7) is 2.77. The number of rotatable bonds is 5. The molecule has 1 atom stereocenters. The van der Waals surface area contributed by atoms with Crippen molar-refractivity contribution in [3.63, 3.8) is 0 Å². The van der Waals surface area contributed by atoms with Crippen molar-refractivity contribution >= 4 is 11.8 Å². The number of piperazine rings is 1. The third-order valence-corrected chi connectivity index (χ3v) is 2.95. The third kappa shape index (κ3) is 4.32. The lowest BCUT2D eigenvalue weighted by Gasteiger charge is -2.23. The van der Waals surface area contributed by atoms with Crippen LogP contribution in [0.1, 0.15) is 19.3 Å². The minimum absolute atomic E-state index is 0.0301.